The van der Waals surface area contributed by atoms with Crippen molar-refractivity contribution in [1.82, 2.24) is 5.06 Å². The molecule has 0 aliphatic carbocycles. The van der Waals surface area contributed by atoms with Crippen LogP contribution in [0.4, 0.5) is 0 Å². The fourth-order valence-corrected chi connectivity index (χ4v) is 7.69. The molecule has 0 radical (unpaired) electrons. The summed E-state index contributed by atoms with van der Waals surface area (Å²) in [7, 11) is -4.01. The minimum absolute atomic E-state index is 0.0170. The molecule has 0 aliphatic rings. The van der Waals surface area contributed by atoms with Crippen LogP contribution in [-0.2, 0) is 77.1 Å². The maximum atomic E-state index is 14.8. The molecule has 6 aromatic carbocycles. The molecule has 0 bridgehead atoms. The molecule has 0 aliphatic heterocycles. The van der Waals surface area contributed by atoms with E-state index in [4.69, 9.17) is 28.1 Å². The molecule has 0 aromatic heterocycles. The Kier molecular flexibility index (Phi) is 18.2. The van der Waals surface area contributed by atoms with Crippen LogP contribution in [0.15, 0.2) is 194 Å². The zero-order valence-electron chi connectivity index (χ0n) is 33.9. The molecule has 61 heavy (non-hydrogen) atoms. The number of benzene rings is 6. The first-order chi connectivity index (χ1) is 30.0. The van der Waals surface area contributed by atoms with Gasteiger partial charge >= 0.3 is 7.60 Å². The molecular weight excluding hydrogens is 790 g/mol. The summed E-state index contributed by atoms with van der Waals surface area (Å²) in [4.78, 5) is 19.0. The molecule has 6 aromatic rings. The first kappa shape index (κ1) is 45.0. The molecule has 1 amide bonds. The molecule has 10 nitrogen and oxygen atoms in total. The Morgan fingerprint density at radius 1 is 0.475 bits per heavy atom. The van der Waals surface area contributed by atoms with E-state index in [-0.39, 0.29) is 39.6 Å². The summed E-state index contributed by atoms with van der Waals surface area (Å²) in [5.41, 5.74) is 5.01. The summed E-state index contributed by atoms with van der Waals surface area (Å²) in [6.45, 7) is -0.165. The van der Waals surface area contributed by atoms with Crippen LogP contribution in [-0.4, -0.2) is 47.5 Å². The second-order valence-electron chi connectivity index (χ2n) is 14.2. The standard InChI is InChI=1S/C50H52NO9P/c52-33-47(51(40-53)58-37-44-25-13-4-14-26-44)49(56-35-42-21-9-2-10-22-42)50(57-36-43-23-11-3-12-24-43)48(55-34-41-19-7-1-8-20-41)31-32-61(54,59-38-45-27-15-5-16-28-45)60-39-46-29-17-6-18-30-46/h1-32,40,47-50,52H,33-39H2/b32-31+/t47-,48-,49+,50-/m1/s1. The van der Waals surface area contributed by atoms with Crippen molar-refractivity contribution in [2.24, 2.45) is 0 Å². The van der Waals surface area contributed by atoms with E-state index in [1.807, 2.05) is 182 Å². The van der Waals surface area contributed by atoms with E-state index in [0.717, 1.165) is 38.4 Å². The fourth-order valence-electron chi connectivity index (χ4n) is 6.41. The van der Waals surface area contributed by atoms with E-state index in [2.05, 4.69) is 0 Å². The summed E-state index contributed by atoms with van der Waals surface area (Å²) < 4.78 is 47.3. The Morgan fingerprint density at radius 2 is 0.820 bits per heavy atom. The summed E-state index contributed by atoms with van der Waals surface area (Å²) in [5.74, 6) is 1.40. The van der Waals surface area contributed by atoms with Gasteiger partial charge in [0.2, 0.25) is 6.41 Å². The first-order valence-corrected chi connectivity index (χ1v) is 21.8. The summed E-state index contributed by atoms with van der Waals surface area (Å²) in [6.07, 6.45) is -1.03. The topological polar surface area (TPSA) is 113 Å². The van der Waals surface area contributed by atoms with Crippen molar-refractivity contribution in [3.05, 3.63) is 227 Å². The summed E-state index contributed by atoms with van der Waals surface area (Å²) >= 11 is 0. The average Bonchev–Trinajstić information content (AvgIpc) is 3.33. The molecule has 6 rings (SSSR count). The van der Waals surface area contributed by atoms with E-state index in [0.29, 0.717) is 6.41 Å². The van der Waals surface area contributed by atoms with Gasteiger partial charge in [0, 0.05) is 5.82 Å². The number of aliphatic hydroxyl groups excluding tert-OH is 1. The molecule has 0 saturated carbocycles. The van der Waals surface area contributed by atoms with Crippen LogP contribution in [0.1, 0.15) is 33.4 Å². The highest BCUT2D eigenvalue weighted by atomic mass is 31.2. The molecule has 316 valence electrons. The monoisotopic (exact) mass is 841 g/mol. The molecule has 11 heteroatoms. The van der Waals surface area contributed by atoms with E-state index >= 15 is 0 Å². The van der Waals surface area contributed by atoms with Crippen molar-refractivity contribution in [2.75, 3.05) is 6.61 Å². The Hall–Kier alpha value is -5.52. The van der Waals surface area contributed by atoms with Crippen molar-refractivity contribution < 1.29 is 42.6 Å². The minimum Gasteiger partial charge on any atom is -0.394 e. The van der Waals surface area contributed by atoms with Crippen molar-refractivity contribution in [1.29, 1.82) is 0 Å². The van der Waals surface area contributed by atoms with E-state index in [9.17, 15) is 14.5 Å². The maximum absolute atomic E-state index is 14.8. The molecule has 0 unspecified atom stereocenters. The van der Waals surface area contributed by atoms with Crippen molar-refractivity contribution in [2.45, 2.75) is 64.0 Å². The zero-order valence-corrected chi connectivity index (χ0v) is 34.8. The van der Waals surface area contributed by atoms with Crippen LogP contribution in [0.2, 0.25) is 0 Å². The van der Waals surface area contributed by atoms with Gasteiger partial charge in [-0.25, -0.2) is 5.06 Å². The Bertz CT molecular complexity index is 2140. The van der Waals surface area contributed by atoms with Gasteiger partial charge < -0.3 is 28.4 Å². The van der Waals surface area contributed by atoms with E-state index in [1.165, 1.54) is 5.82 Å². The predicted molar refractivity (Wildman–Crippen MR) is 234 cm³/mol. The summed E-state index contributed by atoms with van der Waals surface area (Å²) in [5, 5.41) is 12.2. The normalized spacial score (nSPS) is 13.7. The lowest BCUT2D eigenvalue weighted by Gasteiger charge is -2.39. The third-order valence-electron chi connectivity index (χ3n) is 9.69. The van der Waals surface area contributed by atoms with Crippen LogP contribution in [0.25, 0.3) is 0 Å². The van der Waals surface area contributed by atoms with Gasteiger partial charge in [-0.15, -0.1) is 0 Å². The van der Waals surface area contributed by atoms with Crippen LogP contribution >= 0.6 is 7.60 Å². The van der Waals surface area contributed by atoms with Gasteiger partial charge in [0.25, 0.3) is 0 Å². The third kappa shape index (κ3) is 14.9. The highest BCUT2D eigenvalue weighted by Gasteiger charge is 2.40. The predicted octanol–water partition coefficient (Wildman–Crippen LogP) is 9.83. The highest BCUT2D eigenvalue weighted by molar-refractivity contribution is 7.57. The second-order valence-corrected chi connectivity index (χ2v) is 16.1. The highest BCUT2D eigenvalue weighted by Crippen LogP contribution is 2.51. The van der Waals surface area contributed by atoms with Gasteiger partial charge in [0.15, 0.2) is 0 Å². The second kappa shape index (κ2) is 24.7. The number of amides is 1. The van der Waals surface area contributed by atoms with Crippen LogP contribution in [0, 0.1) is 0 Å². The molecule has 0 heterocycles. The van der Waals surface area contributed by atoms with E-state index in [1.54, 1.807) is 6.08 Å². The number of aliphatic hydroxyl groups is 1. The van der Waals surface area contributed by atoms with Gasteiger partial charge in [-0.1, -0.05) is 182 Å². The Morgan fingerprint density at radius 3 is 1.20 bits per heavy atom. The molecule has 0 fully saturated rings. The quantitative estimate of drug-likeness (QED) is 0.0324. The number of rotatable bonds is 26. The smallest absolute Gasteiger partial charge is 0.354 e. The Labute approximate surface area is 358 Å². The van der Waals surface area contributed by atoms with E-state index < -0.39 is 38.6 Å². The number of carbonyl (C=O) groups excluding carboxylic acids is 1. The number of carbonyl (C=O) groups is 1. The minimum atomic E-state index is -4.01. The number of nitrogens with zero attached hydrogens (tertiary/aromatic N) is 1. The summed E-state index contributed by atoms with van der Waals surface area (Å²) in [6, 6.07) is 55.9. The van der Waals surface area contributed by atoms with Gasteiger partial charge in [-0.2, -0.15) is 0 Å². The Balaban J connectivity index is 1.41. The molecule has 0 saturated heterocycles. The molecule has 0 spiro atoms. The lowest BCUT2D eigenvalue weighted by atomic mass is 9.99. The SMILES string of the molecule is O=CN(OCc1ccccc1)[C@H](CO)[C@H](OCc1ccccc1)[C@H](OCc1ccccc1)[C@@H](/C=C/P(=O)(OCc1ccccc1)OCc1ccccc1)OCc1ccccc1. The molecular formula is C50H52NO9P. The lowest BCUT2D eigenvalue weighted by molar-refractivity contribution is -0.235. The average molecular weight is 842 g/mol. The van der Waals surface area contributed by atoms with Crippen molar-refractivity contribution in [3.63, 3.8) is 0 Å². The van der Waals surface area contributed by atoms with Crippen molar-refractivity contribution >= 4 is 14.0 Å². The van der Waals surface area contributed by atoms with Gasteiger partial charge in [0.05, 0.1) is 39.6 Å². The number of ether oxygens (including phenoxy) is 3. The first-order valence-electron chi connectivity index (χ1n) is 20.2. The van der Waals surface area contributed by atoms with Gasteiger partial charge in [-0.3, -0.25) is 14.2 Å². The number of hydroxylamine groups is 2. The largest absolute Gasteiger partial charge is 0.394 e. The molecule has 4 atom stereocenters. The van der Waals surface area contributed by atoms with Gasteiger partial charge in [0.1, 0.15) is 31.0 Å². The molecule has 1 N–H and O–H groups in total. The lowest BCUT2D eigenvalue weighted by Crippen LogP contribution is -2.55. The van der Waals surface area contributed by atoms with Crippen molar-refractivity contribution in [3.8, 4) is 0 Å². The van der Waals surface area contributed by atoms with Crippen LogP contribution in [0.3, 0.4) is 0 Å². The number of hydrogen-bond donors (Lipinski definition) is 1. The zero-order chi connectivity index (χ0) is 42.4. The maximum Gasteiger partial charge on any atom is 0.354 e. The number of hydrogen-bond acceptors (Lipinski definition) is 9. The fraction of sp³-hybridized carbons (Fsp3) is 0.220. The van der Waals surface area contributed by atoms with Crippen LogP contribution in [0.5, 0.6) is 0 Å². The van der Waals surface area contributed by atoms with Gasteiger partial charge in [-0.05, 0) is 39.5 Å². The third-order valence-corrected chi connectivity index (χ3v) is 11.2. The van der Waals surface area contributed by atoms with Crippen LogP contribution < -0.4 is 0 Å².